The van der Waals surface area contributed by atoms with Crippen LogP contribution in [0, 0.1) is 11.5 Å². The van der Waals surface area contributed by atoms with Crippen LogP contribution in [-0.4, -0.2) is 22.0 Å². The number of hydrogen-bond donors (Lipinski definition) is 1. The minimum atomic E-state index is 0.386. The third-order valence-electron chi connectivity index (χ3n) is 1.39. The molecule has 74 valence electrons. The molecule has 7 heteroatoms. The van der Waals surface area contributed by atoms with Gasteiger partial charge in [0.1, 0.15) is 0 Å². The third kappa shape index (κ3) is 3.10. The average Bonchev–Trinajstić information content (AvgIpc) is 2.59. The van der Waals surface area contributed by atoms with Gasteiger partial charge in [-0.25, -0.2) is 4.98 Å². The molecule has 4 nitrogen and oxygen atoms in total. The first-order valence-corrected chi connectivity index (χ1v) is 5.25. The molecular weight excluding hydrogens is 240 g/mol. The van der Waals surface area contributed by atoms with Crippen molar-refractivity contribution < 1.29 is 0 Å². The van der Waals surface area contributed by atoms with Gasteiger partial charge in [-0.3, -0.25) is 4.90 Å². The Morgan fingerprint density at radius 1 is 1.93 bits per heavy atom. The van der Waals surface area contributed by atoms with Crippen molar-refractivity contribution in [1.29, 1.82) is 5.26 Å². The van der Waals surface area contributed by atoms with Crippen molar-refractivity contribution in [3.8, 4) is 6.19 Å². The molecule has 0 aliphatic rings. The van der Waals surface area contributed by atoms with Crippen LogP contribution >= 0.6 is 35.2 Å². The molecule has 0 fully saturated rings. The van der Waals surface area contributed by atoms with E-state index in [1.54, 1.807) is 13.2 Å². The van der Waals surface area contributed by atoms with Crippen molar-refractivity contribution in [3.05, 3.63) is 15.5 Å². The van der Waals surface area contributed by atoms with Crippen molar-refractivity contribution in [3.63, 3.8) is 0 Å². The van der Waals surface area contributed by atoms with E-state index < -0.39 is 0 Å². The summed E-state index contributed by atoms with van der Waals surface area (Å²) in [6, 6.07) is 0. The van der Waals surface area contributed by atoms with Crippen LogP contribution in [0.1, 0.15) is 4.88 Å². The molecule has 1 rings (SSSR count). The molecule has 0 unspecified atom stereocenters. The number of nitriles is 1. The molecule has 0 amide bonds. The second-order valence-corrected chi connectivity index (χ2v) is 4.48. The van der Waals surface area contributed by atoms with Gasteiger partial charge in [-0.1, -0.05) is 11.6 Å². The van der Waals surface area contributed by atoms with Crippen LogP contribution in [0.2, 0.25) is 4.47 Å². The maximum Gasteiger partial charge on any atom is 0.185 e. The molecule has 1 aromatic heterocycles. The maximum absolute atomic E-state index is 8.52. The number of aromatic nitrogens is 1. The summed E-state index contributed by atoms with van der Waals surface area (Å²) < 4.78 is 0.501. The summed E-state index contributed by atoms with van der Waals surface area (Å²) in [4.78, 5) is 6.13. The molecule has 1 heterocycles. The van der Waals surface area contributed by atoms with Crippen LogP contribution in [0.3, 0.4) is 0 Å². The number of nitrogens with zero attached hydrogens (tertiary/aromatic N) is 3. The van der Waals surface area contributed by atoms with E-state index in [2.05, 4.69) is 10.3 Å². The van der Waals surface area contributed by atoms with Gasteiger partial charge in [-0.05, 0) is 12.2 Å². The van der Waals surface area contributed by atoms with Gasteiger partial charge in [0, 0.05) is 18.1 Å². The van der Waals surface area contributed by atoms with Crippen molar-refractivity contribution >= 4 is 40.3 Å². The van der Waals surface area contributed by atoms with Gasteiger partial charge in [0.25, 0.3) is 0 Å². The average molecular weight is 247 g/mol. The fourth-order valence-electron chi connectivity index (χ4n) is 0.692. The van der Waals surface area contributed by atoms with E-state index in [-0.39, 0.29) is 0 Å². The second-order valence-electron chi connectivity index (χ2n) is 2.40. The number of thiocarbonyl (C=S) groups is 1. The molecule has 0 bridgehead atoms. The lowest BCUT2D eigenvalue weighted by molar-refractivity contribution is 0.677. The third-order valence-corrected chi connectivity index (χ3v) is 2.93. The molecule has 0 aromatic carbocycles. The standard InChI is InChI=1S/C7H7ClN4S2/c1-12(4-9)7(13)11-3-5-2-10-6(8)14-5/h2H,3H2,1H3,(H,11,13). The van der Waals surface area contributed by atoms with E-state index in [4.69, 9.17) is 29.1 Å². The predicted molar refractivity (Wildman–Crippen MR) is 59.9 cm³/mol. The van der Waals surface area contributed by atoms with E-state index in [1.165, 1.54) is 16.2 Å². The topological polar surface area (TPSA) is 52.0 Å². The lowest BCUT2D eigenvalue weighted by Crippen LogP contribution is -2.33. The minimum Gasteiger partial charge on any atom is -0.357 e. The monoisotopic (exact) mass is 246 g/mol. The van der Waals surface area contributed by atoms with Gasteiger partial charge in [0.15, 0.2) is 15.8 Å². The largest absolute Gasteiger partial charge is 0.357 e. The Morgan fingerprint density at radius 2 is 2.64 bits per heavy atom. The molecular formula is C7H7ClN4S2. The highest BCUT2D eigenvalue weighted by Crippen LogP contribution is 2.17. The first kappa shape index (κ1) is 11.2. The fraction of sp³-hybridized carbons (Fsp3) is 0.286. The summed E-state index contributed by atoms with van der Waals surface area (Å²) in [7, 11) is 1.59. The highest BCUT2D eigenvalue weighted by molar-refractivity contribution is 7.80. The Morgan fingerprint density at radius 3 is 3.14 bits per heavy atom. The van der Waals surface area contributed by atoms with Crippen LogP contribution in [0.5, 0.6) is 0 Å². The van der Waals surface area contributed by atoms with E-state index in [1.807, 2.05) is 6.19 Å². The van der Waals surface area contributed by atoms with Gasteiger partial charge in [-0.15, -0.1) is 11.3 Å². The summed E-state index contributed by atoms with van der Waals surface area (Å²) in [6.45, 7) is 0.537. The number of thiazole rings is 1. The van der Waals surface area contributed by atoms with E-state index >= 15 is 0 Å². The maximum atomic E-state index is 8.52. The van der Waals surface area contributed by atoms with Crippen LogP contribution in [-0.2, 0) is 6.54 Å². The smallest absolute Gasteiger partial charge is 0.185 e. The normalized spacial score (nSPS) is 9.21. The number of halogens is 1. The van der Waals surface area contributed by atoms with Crippen LogP contribution in [0.4, 0.5) is 0 Å². The first-order valence-electron chi connectivity index (χ1n) is 3.65. The zero-order valence-electron chi connectivity index (χ0n) is 7.32. The Kier molecular flexibility index (Phi) is 4.07. The molecule has 0 atom stereocenters. The van der Waals surface area contributed by atoms with Gasteiger partial charge in [0.2, 0.25) is 0 Å². The molecule has 0 aliphatic heterocycles. The number of nitrogens with one attached hydrogen (secondary N) is 1. The quantitative estimate of drug-likeness (QED) is 0.488. The summed E-state index contributed by atoms with van der Waals surface area (Å²) in [5, 5.41) is 11.8. The molecule has 1 aromatic rings. The molecule has 1 N–H and O–H groups in total. The van der Waals surface area contributed by atoms with Gasteiger partial charge in [0.05, 0.1) is 6.54 Å². The first-order chi connectivity index (χ1) is 6.63. The SMILES string of the molecule is CN(C#N)C(=S)NCc1cnc(Cl)s1. The second kappa shape index (κ2) is 5.10. The Labute approximate surface area is 96.1 Å². The summed E-state index contributed by atoms with van der Waals surface area (Å²) in [5.74, 6) is 0. The van der Waals surface area contributed by atoms with Crippen LogP contribution in [0.15, 0.2) is 6.20 Å². The Bertz CT molecular complexity index is 370. The fourth-order valence-corrected chi connectivity index (χ4v) is 1.72. The van der Waals surface area contributed by atoms with E-state index in [0.717, 1.165) is 4.88 Å². The molecule has 0 radical (unpaired) electrons. The van der Waals surface area contributed by atoms with Gasteiger partial charge in [-0.2, -0.15) is 5.26 Å². The van der Waals surface area contributed by atoms with Gasteiger partial charge < -0.3 is 5.32 Å². The van der Waals surface area contributed by atoms with Crippen molar-refractivity contribution in [2.24, 2.45) is 0 Å². The van der Waals surface area contributed by atoms with Gasteiger partial charge >= 0.3 is 0 Å². The molecule has 0 saturated carbocycles. The molecule has 0 saturated heterocycles. The van der Waals surface area contributed by atoms with Crippen molar-refractivity contribution in [2.45, 2.75) is 6.54 Å². The van der Waals surface area contributed by atoms with Crippen LogP contribution in [0.25, 0.3) is 0 Å². The number of hydrogen-bond acceptors (Lipinski definition) is 4. The van der Waals surface area contributed by atoms with Crippen molar-refractivity contribution in [1.82, 2.24) is 15.2 Å². The highest BCUT2D eigenvalue weighted by atomic mass is 35.5. The minimum absolute atomic E-state index is 0.386. The van der Waals surface area contributed by atoms with Crippen LogP contribution < -0.4 is 5.32 Å². The lowest BCUT2D eigenvalue weighted by Gasteiger charge is -2.10. The molecule has 0 spiro atoms. The van der Waals surface area contributed by atoms with Crippen molar-refractivity contribution in [2.75, 3.05) is 7.05 Å². The molecule has 14 heavy (non-hydrogen) atoms. The summed E-state index contributed by atoms with van der Waals surface area (Å²) in [6.07, 6.45) is 3.57. The predicted octanol–water partition coefficient (Wildman–Crippen LogP) is 1.58. The summed E-state index contributed by atoms with van der Waals surface area (Å²) in [5.41, 5.74) is 0. The highest BCUT2D eigenvalue weighted by Gasteiger charge is 2.03. The number of rotatable bonds is 2. The zero-order chi connectivity index (χ0) is 10.6. The Balaban J connectivity index is 2.42. The van der Waals surface area contributed by atoms with E-state index in [0.29, 0.717) is 16.1 Å². The lowest BCUT2D eigenvalue weighted by atomic mass is 10.5. The Hall–Kier alpha value is -0.900. The zero-order valence-corrected chi connectivity index (χ0v) is 9.71. The van der Waals surface area contributed by atoms with E-state index in [9.17, 15) is 0 Å². The molecule has 0 aliphatic carbocycles. The summed E-state index contributed by atoms with van der Waals surface area (Å²) >= 11 is 12.0.